The zero-order chi connectivity index (χ0) is 34.5. The van der Waals surface area contributed by atoms with Gasteiger partial charge < -0.3 is 39.6 Å². The third-order valence-corrected chi connectivity index (χ3v) is 6.46. The molecule has 1 fully saturated rings. The Balaban J connectivity index is 2.01. The Hall–Kier alpha value is -4.19. The van der Waals surface area contributed by atoms with Crippen LogP contribution in [0, 0.1) is 10.8 Å². The summed E-state index contributed by atoms with van der Waals surface area (Å²) in [5, 5.41) is 7.72. The SMILES string of the molecule is CC(C)(C)C(=O)NCOCCn1c(=O)n(CCCCNC(=O)OCC2COC(=O)O2)c(=O)n(CCOCNC(=O)C(C)(C)C)c1=O. The maximum absolute atomic E-state index is 13.2. The highest BCUT2D eigenvalue weighted by atomic mass is 16.8. The molecule has 0 aliphatic carbocycles. The number of rotatable bonds is 17. The minimum atomic E-state index is -0.862. The Morgan fingerprint density at radius 2 is 1.22 bits per heavy atom. The lowest BCUT2D eigenvalue weighted by molar-refractivity contribution is -0.131. The fraction of sp³-hybridized carbons (Fsp3) is 0.750. The van der Waals surface area contributed by atoms with Crippen molar-refractivity contribution in [2.45, 2.75) is 80.1 Å². The lowest BCUT2D eigenvalue weighted by atomic mass is 9.96. The van der Waals surface area contributed by atoms with E-state index in [1.165, 1.54) is 0 Å². The molecule has 0 aromatic carbocycles. The molecule has 1 aliphatic rings. The predicted octanol–water partition coefficient (Wildman–Crippen LogP) is -0.514. The van der Waals surface area contributed by atoms with Gasteiger partial charge in [0.25, 0.3) is 0 Å². The second kappa shape index (κ2) is 17.5. The van der Waals surface area contributed by atoms with Crippen molar-refractivity contribution in [1.82, 2.24) is 29.7 Å². The maximum atomic E-state index is 13.2. The molecular formula is C28H46N6O12. The molecule has 1 atom stereocenters. The summed E-state index contributed by atoms with van der Waals surface area (Å²) in [6.07, 6.45) is -1.61. The molecule has 18 nitrogen and oxygen atoms in total. The molecule has 260 valence electrons. The third-order valence-electron chi connectivity index (χ3n) is 6.46. The fourth-order valence-electron chi connectivity index (χ4n) is 3.73. The predicted molar refractivity (Wildman–Crippen MR) is 161 cm³/mol. The molecule has 46 heavy (non-hydrogen) atoms. The summed E-state index contributed by atoms with van der Waals surface area (Å²) in [6, 6.07) is 0. The highest BCUT2D eigenvalue weighted by Gasteiger charge is 2.26. The minimum Gasteiger partial charge on any atom is -0.445 e. The Morgan fingerprint density at radius 1 is 0.739 bits per heavy atom. The quantitative estimate of drug-likeness (QED) is 0.110. The molecule has 2 rings (SSSR count). The number of nitrogens with one attached hydrogen (secondary N) is 3. The highest BCUT2D eigenvalue weighted by Crippen LogP contribution is 2.12. The van der Waals surface area contributed by atoms with E-state index in [9.17, 15) is 33.6 Å². The fourth-order valence-corrected chi connectivity index (χ4v) is 3.73. The average Bonchev–Trinajstić information content (AvgIpc) is 3.39. The monoisotopic (exact) mass is 658 g/mol. The number of amides is 3. The number of ether oxygens (including phenoxy) is 5. The molecule has 18 heteroatoms. The van der Waals surface area contributed by atoms with Crippen LogP contribution in [-0.4, -0.2) is 90.3 Å². The number of nitrogens with zero attached hydrogens (tertiary/aromatic N) is 3. The van der Waals surface area contributed by atoms with Gasteiger partial charge in [0, 0.05) is 23.9 Å². The number of carbonyl (C=O) groups excluding carboxylic acids is 4. The van der Waals surface area contributed by atoms with Crippen molar-refractivity contribution in [3.8, 4) is 0 Å². The van der Waals surface area contributed by atoms with Crippen LogP contribution in [0.15, 0.2) is 14.4 Å². The molecule has 3 N–H and O–H groups in total. The van der Waals surface area contributed by atoms with E-state index < -0.39 is 46.3 Å². The molecule has 1 unspecified atom stereocenters. The zero-order valence-corrected chi connectivity index (χ0v) is 27.3. The van der Waals surface area contributed by atoms with E-state index >= 15 is 0 Å². The summed E-state index contributed by atoms with van der Waals surface area (Å²) in [4.78, 5) is 86.4. The van der Waals surface area contributed by atoms with Crippen molar-refractivity contribution in [1.29, 1.82) is 0 Å². The summed E-state index contributed by atoms with van der Waals surface area (Å²) in [5.41, 5.74) is -3.80. The second-order valence-corrected chi connectivity index (χ2v) is 12.5. The first-order valence-electron chi connectivity index (χ1n) is 14.9. The second-order valence-electron chi connectivity index (χ2n) is 12.5. The molecule has 3 amide bonds. The first kappa shape index (κ1) is 38.0. The van der Waals surface area contributed by atoms with Crippen LogP contribution in [0.4, 0.5) is 9.59 Å². The van der Waals surface area contributed by atoms with Gasteiger partial charge in [0.1, 0.15) is 26.7 Å². The van der Waals surface area contributed by atoms with Crippen LogP contribution >= 0.6 is 0 Å². The topological polar surface area (TPSA) is 217 Å². The van der Waals surface area contributed by atoms with Gasteiger partial charge in [-0.15, -0.1) is 0 Å². The Morgan fingerprint density at radius 3 is 1.65 bits per heavy atom. The van der Waals surface area contributed by atoms with Crippen LogP contribution in [0.5, 0.6) is 0 Å². The first-order valence-corrected chi connectivity index (χ1v) is 14.9. The van der Waals surface area contributed by atoms with Crippen molar-refractivity contribution < 1.29 is 42.9 Å². The van der Waals surface area contributed by atoms with Gasteiger partial charge in [-0.05, 0) is 12.8 Å². The molecule has 0 radical (unpaired) electrons. The molecule has 1 saturated heterocycles. The van der Waals surface area contributed by atoms with E-state index in [1.807, 2.05) is 0 Å². The molecule has 1 aliphatic heterocycles. The van der Waals surface area contributed by atoms with Gasteiger partial charge in [0.2, 0.25) is 11.8 Å². The van der Waals surface area contributed by atoms with E-state index in [0.29, 0.717) is 6.42 Å². The van der Waals surface area contributed by atoms with Crippen LogP contribution in [0.2, 0.25) is 0 Å². The van der Waals surface area contributed by atoms with Crippen LogP contribution in [0.3, 0.4) is 0 Å². The number of carbonyl (C=O) groups is 4. The maximum Gasteiger partial charge on any atom is 0.508 e. The van der Waals surface area contributed by atoms with Gasteiger partial charge in [-0.2, -0.15) is 0 Å². The van der Waals surface area contributed by atoms with E-state index in [1.54, 1.807) is 41.5 Å². The number of alkyl carbamates (subject to hydrolysis) is 1. The molecule has 1 aromatic rings. The summed E-state index contributed by atoms with van der Waals surface area (Å²) in [6.45, 7) is 9.48. The van der Waals surface area contributed by atoms with Gasteiger partial charge in [-0.3, -0.25) is 9.59 Å². The Kier molecular flexibility index (Phi) is 14.4. The van der Waals surface area contributed by atoms with Crippen LogP contribution < -0.4 is 33.0 Å². The summed E-state index contributed by atoms with van der Waals surface area (Å²) < 4.78 is 27.8. The normalized spacial score (nSPS) is 14.7. The lowest BCUT2D eigenvalue weighted by Gasteiger charge is -2.18. The molecular weight excluding hydrogens is 612 g/mol. The highest BCUT2D eigenvalue weighted by molar-refractivity contribution is 5.81. The molecule has 0 spiro atoms. The van der Waals surface area contributed by atoms with E-state index in [0.717, 1.165) is 13.7 Å². The van der Waals surface area contributed by atoms with Gasteiger partial charge in [0.15, 0.2) is 6.10 Å². The van der Waals surface area contributed by atoms with Crippen molar-refractivity contribution in [2.75, 3.05) is 46.4 Å². The summed E-state index contributed by atoms with van der Waals surface area (Å²) >= 11 is 0. The number of aromatic nitrogens is 3. The number of cyclic esters (lactones) is 2. The van der Waals surface area contributed by atoms with Gasteiger partial charge in [-0.1, -0.05) is 41.5 Å². The third kappa shape index (κ3) is 12.3. The molecule has 0 saturated carbocycles. The molecule has 1 aromatic heterocycles. The van der Waals surface area contributed by atoms with Gasteiger partial charge >= 0.3 is 29.3 Å². The number of hydrogen-bond acceptors (Lipinski definition) is 12. The first-order chi connectivity index (χ1) is 21.5. The van der Waals surface area contributed by atoms with Crippen LogP contribution in [-0.2, 0) is 52.9 Å². The lowest BCUT2D eigenvalue weighted by Crippen LogP contribution is -2.55. The minimum absolute atomic E-state index is 0.0136. The van der Waals surface area contributed by atoms with E-state index in [4.69, 9.17) is 18.9 Å². The zero-order valence-electron chi connectivity index (χ0n) is 27.3. The van der Waals surface area contributed by atoms with E-state index in [-0.39, 0.29) is 84.3 Å². The van der Waals surface area contributed by atoms with Crippen molar-refractivity contribution in [2.24, 2.45) is 10.8 Å². The Labute approximate surface area is 265 Å². The van der Waals surface area contributed by atoms with Crippen LogP contribution in [0.1, 0.15) is 54.4 Å². The summed E-state index contributed by atoms with van der Waals surface area (Å²) in [5.74, 6) is -0.480. The summed E-state index contributed by atoms with van der Waals surface area (Å²) in [7, 11) is 0. The van der Waals surface area contributed by atoms with Crippen molar-refractivity contribution in [3.05, 3.63) is 31.5 Å². The molecule has 0 bridgehead atoms. The number of unbranched alkanes of at least 4 members (excludes halogenated alkanes) is 1. The molecule has 2 heterocycles. The van der Waals surface area contributed by atoms with Gasteiger partial charge in [-0.25, -0.2) is 37.7 Å². The van der Waals surface area contributed by atoms with E-state index in [2.05, 4.69) is 20.7 Å². The smallest absolute Gasteiger partial charge is 0.445 e. The number of hydrogen-bond donors (Lipinski definition) is 3. The van der Waals surface area contributed by atoms with Crippen molar-refractivity contribution >= 4 is 24.1 Å². The Bertz CT molecular complexity index is 1310. The van der Waals surface area contributed by atoms with Crippen molar-refractivity contribution in [3.63, 3.8) is 0 Å². The van der Waals surface area contributed by atoms with Gasteiger partial charge in [0.05, 0.1) is 26.3 Å². The standard InChI is InChI=1S/C28H46N6O12/c1-27(2,3)20(35)30-17-42-13-11-33-23(38)32(10-8-7-9-29-22(37)44-15-19-16-45-26(41)46-19)24(39)34(25(33)40)12-14-43-18-31-21(36)28(4,5)6/h19H,7-18H2,1-6H3,(H,29,37)(H,30,35)(H,31,36). The van der Waals surface area contributed by atoms with Crippen LogP contribution in [0.25, 0.3) is 0 Å². The average molecular weight is 659 g/mol. The largest absolute Gasteiger partial charge is 0.508 e.